The Morgan fingerprint density at radius 3 is 2.61 bits per heavy atom. The van der Waals surface area contributed by atoms with Crippen molar-refractivity contribution >= 4 is 11.6 Å². The highest BCUT2D eigenvalue weighted by atomic mass is 16.3. The van der Waals surface area contributed by atoms with Gasteiger partial charge in [0, 0.05) is 23.4 Å². The lowest BCUT2D eigenvalue weighted by Crippen LogP contribution is -2.28. The first kappa shape index (κ1) is 18.6. The van der Waals surface area contributed by atoms with Gasteiger partial charge in [0.15, 0.2) is 6.39 Å². The molecule has 0 aliphatic heterocycles. The van der Waals surface area contributed by atoms with E-state index in [9.17, 15) is 9.59 Å². The third kappa shape index (κ3) is 3.10. The van der Waals surface area contributed by atoms with Crippen molar-refractivity contribution in [1.82, 2.24) is 24.1 Å². The van der Waals surface area contributed by atoms with Crippen LogP contribution in [0, 0.1) is 6.92 Å². The number of benzene rings is 1. The molecule has 0 saturated carbocycles. The number of H-pyrrole nitrogens is 2. The van der Waals surface area contributed by atoms with Crippen molar-refractivity contribution < 1.29 is 9.40 Å². The van der Waals surface area contributed by atoms with Crippen LogP contribution in [0.25, 0.3) is 28.0 Å². The van der Waals surface area contributed by atoms with Crippen molar-refractivity contribution in [3.05, 3.63) is 87.3 Å². The van der Waals surface area contributed by atoms with Crippen LogP contribution >= 0.6 is 0 Å². The van der Waals surface area contributed by atoms with Gasteiger partial charge < -0.3 is 9.40 Å². The molecule has 0 fully saturated rings. The fraction of sp³-hybridized carbons (Fsp3) is 0.0952. The second-order valence-corrected chi connectivity index (χ2v) is 7.02. The maximum absolute atomic E-state index is 13.1. The molecule has 4 heterocycles. The van der Waals surface area contributed by atoms with E-state index in [0.717, 1.165) is 5.56 Å². The number of hydrogen-bond acceptors (Lipinski definition) is 6. The second-order valence-electron chi connectivity index (χ2n) is 7.02. The first-order chi connectivity index (χ1) is 15.0. The molecule has 4 aromatic heterocycles. The molecular weight excluding hydrogens is 398 g/mol. The van der Waals surface area contributed by atoms with Gasteiger partial charge in [-0.3, -0.25) is 10.5 Å². The molecule has 154 valence electrons. The minimum Gasteiger partial charge on any atom is -0.448 e. The van der Waals surface area contributed by atoms with Crippen LogP contribution in [0.2, 0.25) is 0 Å². The molecule has 0 amide bonds. The summed E-state index contributed by atoms with van der Waals surface area (Å²) in [5.41, 5.74) is 9.38. The molecule has 0 aliphatic carbocycles. The summed E-state index contributed by atoms with van der Waals surface area (Å²) in [4.78, 5) is 34.7. The van der Waals surface area contributed by atoms with Crippen LogP contribution in [-0.2, 0) is 6.54 Å². The van der Waals surface area contributed by atoms with Crippen molar-refractivity contribution in [2.24, 2.45) is 0 Å². The van der Waals surface area contributed by atoms with Gasteiger partial charge in [-0.25, -0.2) is 14.8 Å². The van der Waals surface area contributed by atoms with E-state index in [1.54, 1.807) is 19.2 Å². The van der Waals surface area contributed by atoms with E-state index in [0.29, 0.717) is 33.9 Å². The van der Waals surface area contributed by atoms with E-state index in [1.165, 1.54) is 21.5 Å². The highest BCUT2D eigenvalue weighted by Crippen LogP contribution is 2.31. The molecule has 0 bridgehead atoms. The van der Waals surface area contributed by atoms with Gasteiger partial charge in [0.1, 0.15) is 17.1 Å². The molecule has 0 radical (unpaired) electrons. The Labute approximate surface area is 174 Å². The van der Waals surface area contributed by atoms with Crippen LogP contribution in [0.5, 0.6) is 0 Å². The molecule has 10 heteroatoms. The predicted octanol–water partition coefficient (Wildman–Crippen LogP) is 1.26. The third-order valence-electron chi connectivity index (χ3n) is 5.09. The summed E-state index contributed by atoms with van der Waals surface area (Å²) in [6.45, 7) is 1.90. The molecule has 0 unspecified atom stereocenters. The number of nitrogens with zero attached hydrogens (tertiary/aromatic N) is 4. The van der Waals surface area contributed by atoms with Crippen LogP contribution in [0.4, 0.5) is 5.95 Å². The Bertz CT molecular complexity index is 1510. The quantitative estimate of drug-likeness (QED) is 0.452. The topological polar surface area (TPSA) is 138 Å². The van der Waals surface area contributed by atoms with Crippen molar-refractivity contribution in [2.45, 2.75) is 13.5 Å². The highest BCUT2D eigenvalue weighted by Gasteiger charge is 2.26. The van der Waals surface area contributed by atoms with E-state index in [4.69, 9.17) is 10.2 Å². The molecule has 0 atom stereocenters. The van der Waals surface area contributed by atoms with Gasteiger partial charge >= 0.3 is 11.6 Å². The van der Waals surface area contributed by atoms with E-state index < -0.39 is 5.69 Å². The Hall–Kier alpha value is -4.47. The number of nitrogen functional groups attached to an aromatic ring is 1. The van der Waals surface area contributed by atoms with Crippen LogP contribution in [-0.4, -0.2) is 24.1 Å². The zero-order valence-electron chi connectivity index (χ0n) is 16.5. The largest absolute Gasteiger partial charge is 0.448 e. The summed E-state index contributed by atoms with van der Waals surface area (Å²) in [6.07, 6.45) is 2.91. The lowest BCUT2D eigenvalue weighted by molar-refractivity contribution is -0.351. The molecule has 31 heavy (non-hydrogen) atoms. The van der Waals surface area contributed by atoms with Gasteiger partial charge in [-0.2, -0.15) is 4.68 Å². The fourth-order valence-electron chi connectivity index (χ4n) is 3.53. The first-order valence-electron chi connectivity index (χ1n) is 9.51. The van der Waals surface area contributed by atoms with E-state index in [2.05, 4.69) is 20.1 Å². The van der Waals surface area contributed by atoms with Crippen molar-refractivity contribution in [1.29, 1.82) is 0 Å². The molecule has 5 rings (SSSR count). The van der Waals surface area contributed by atoms with Crippen LogP contribution in [0.15, 0.2) is 69.1 Å². The number of hydrogen-bond donors (Lipinski definition) is 2. The molecule has 0 aliphatic rings. The monoisotopic (exact) mass is 416 g/mol. The maximum atomic E-state index is 13.1. The Morgan fingerprint density at radius 2 is 1.94 bits per heavy atom. The Kier molecular flexibility index (Phi) is 4.25. The van der Waals surface area contributed by atoms with Crippen molar-refractivity contribution in [3.8, 4) is 22.4 Å². The fourth-order valence-corrected chi connectivity index (χ4v) is 3.53. The number of oxazole rings is 1. The number of aromatic amines is 2. The van der Waals surface area contributed by atoms with Gasteiger partial charge in [0.05, 0.1) is 12.1 Å². The average molecular weight is 416 g/mol. The molecule has 0 saturated heterocycles. The van der Waals surface area contributed by atoms with Gasteiger partial charge in [-0.05, 0) is 13.0 Å². The van der Waals surface area contributed by atoms with Gasteiger partial charge in [-0.15, -0.1) is 9.50 Å². The molecule has 10 nitrogen and oxygen atoms in total. The van der Waals surface area contributed by atoms with Crippen LogP contribution in [0.1, 0.15) is 11.5 Å². The third-order valence-corrected chi connectivity index (χ3v) is 5.09. The van der Waals surface area contributed by atoms with E-state index in [-0.39, 0.29) is 18.1 Å². The maximum Gasteiger partial charge on any atom is 0.411 e. The van der Waals surface area contributed by atoms with Gasteiger partial charge in [0.2, 0.25) is 11.2 Å². The number of anilines is 1. The van der Waals surface area contributed by atoms with Crippen LogP contribution < -0.4 is 22.0 Å². The number of aryl methyl sites for hydroxylation is 1. The number of fused-ring (bicyclic) bond motifs is 1. The van der Waals surface area contributed by atoms with E-state index >= 15 is 0 Å². The SMILES string of the molecule is Cc1ocnc1Cn1nc2c(-c3ccc(=O)[nH]c3)c(-c3ccccc3)[nH+]c(N)n2c1=O. The van der Waals surface area contributed by atoms with Gasteiger partial charge in [-0.1, -0.05) is 30.3 Å². The number of nitrogens with one attached hydrogen (secondary N) is 2. The predicted molar refractivity (Wildman–Crippen MR) is 112 cm³/mol. The number of aromatic nitrogens is 6. The van der Waals surface area contributed by atoms with Crippen molar-refractivity contribution in [3.63, 3.8) is 0 Å². The first-order valence-corrected chi connectivity index (χ1v) is 9.51. The lowest BCUT2D eigenvalue weighted by Gasteiger charge is -2.08. The summed E-state index contributed by atoms with van der Waals surface area (Å²) in [5.74, 6) is 0.740. The minimum atomic E-state index is -0.420. The summed E-state index contributed by atoms with van der Waals surface area (Å²) in [7, 11) is 0. The van der Waals surface area contributed by atoms with Gasteiger partial charge in [0.25, 0.3) is 0 Å². The summed E-state index contributed by atoms with van der Waals surface area (Å²) < 4.78 is 7.82. The lowest BCUT2D eigenvalue weighted by atomic mass is 10.0. The summed E-state index contributed by atoms with van der Waals surface area (Å²) >= 11 is 0. The molecule has 4 N–H and O–H groups in total. The van der Waals surface area contributed by atoms with Crippen molar-refractivity contribution in [2.75, 3.05) is 5.73 Å². The Balaban J connectivity index is 1.83. The second kappa shape index (κ2) is 7.10. The standard InChI is InChI=1S/C21H17N7O3/c1-12-15(24-11-31-12)10-27-21(30)28-19(26-27)17(14-7-8-16(29)23-9-14)18(25-20(28)22)13-5-3-2-4-6-13/h2-9,11H,10H2,1H3,(H2,22,25)(H,23,29)/p+1. The molecule has 5 aromatic rings. The normalized spacial score (nSPS) is 11.3. The number of pyridine rings is 1. The van der Waals surface area contributed by atoms with Crippen LogP contribution in [0.3, 0.4) is 0 Å². The smallest absolute Gasteiger partial charge is 0.411 e. The summed E-state index contributed by atoms with van der Waals surface area (Å²) in [5, 5.41) is 4.57. The minimum absolute atomic E-state index is 0.133. The molecule has 1 aromatic carbocycles. The Morgan fingerprint density at radius 1 is 1.13 bits per heavy atom. The zero-order valence-corrected chi connectivity index (χ0v) is 16.5. The number of nitrogens with two attached hydrogens (primary N) is 1. The number of rotatable bonds is 4. The highest BCUT2D eigenvalue weighted by molar-refractivity contribution is 5.88. The molecular formula is C21H18N7O3+. The average Bonchev–Trinajstić information content (AvgIpc) is 3.33. The summed E-state index contributed by atoms with van der Waals surface area (Å²) in [6, 6.07) is 12.7. The van der Waals surface area contributed by atoms with E-state index in [1.807, 2.05) is 30.3 Å². The zero-order chi connectivity index (χ0) is 21.5. The molecule has 0 spiro atoms.